The average molecular weight is 484 g/mol. The van der Waals surface area contributed by atoms with Crippen molar-refractivity contribution in [3.63, 3.8) is 0 Å². The fraction of sp³-hybridized carbons (Fsp3) is 0.480. The minimum atomic E-state index is -0.287. The lowest BCUT2D eigenvalue weighted by atomic mass is 10.2. The van der Waals surface area contributed by atoms with E-state index in [0.717, 1.165) is 39.3 Å². The molecule has 3 heterocycles. The van der Waals surface area contributed by atoms with Crippen molar-refractivity contribution >= 4 is 23.3 Å². The third kappa shape index (κ3) is 7.38. The number of fused-ring (bicyclic) bond motifs is 2. The molecule has 35 heavy (non-hydrogen) atoms. The molecule has 1 saturated heterocycles. The van der Waals surface area contributed by atoms with Crippen molar-refractivity contribution < 1.29 is 23.8 Å². The number of hydrogen-bond donors (Lipinski definition) is 2. The van der Waals surface area contributed by atoms with Gasteiger partial charge in [-0.1, -0.05) is 12.1 Å². The second-order valence-corrected chi connectivity index (χ2v) is 8.37. The summed E-state index contributed by atoms with van der Waals surface area (Å²) in [5.74, 6) is 0.569. The normalized spacial score (nSPS) is 17.5. The van der Waals surface area contributed by atoms with E-state index in [0.29, 0.717) is 49.2 Å². The van der Waals surface area contributed by atoms with E-state index in [1.54, 1.807) is 18.3 Å². The summed E-state index contributed by atoms with van der Waals surface area (Å²) in [5, 5.41) is 6.16. The van der Waals surface area contributed by atoms with Crippen LogP contribution < -0.4 is 15.4 Å². The fourth-order valence-electron chi connectivity index (χ4n) is 4.00. The largest absolute Gasteiger partial charge is 0.489 e. The summed E-state index contributed by atoms with van der Waals surface area (Å²) in [6, 6.07) is 10.9. The fourth-order valence-corrected chi connectivity index (χ4v) is 4.00. The molecule has 2 amide bonds. The Balaban J connectivity index is 1.41. The van der Waals surface area contributed by atoms with E-state index < -0.39 is 0 Å². The number of morpholine rings is 1. The lowest BCUT2D eigenvalue weighted by Crippen LogP contribution is -2.43. The molecule has 2 N–H and O–H groups in total. The number of aromatic nitrogens is 1. The predicted octanol–water partition coefficient (Wildman–Crippen LogP) is 1.51. The minimum absolute atomic E-state index is 0.0544. The van der Waals surface area contributed by atoms with Crippen LogP contribution in [0.4, 0.5) is 11.5 Å². The molecule has 0 saturated carbocycles. The molecule has 2 aliphatic heterocycles. The number of carbonyl (C=O) groups excluding carboxylic acids is 2. The molecule has 2 aromatic rings. The maximum atomic E-state index is 13.5. The Morgan fingerprint density at radius 1 is 1.00 bits per heavy atom. The number of anilines is 2. The lowest BCUT2D eigenvalue weighted by Gasteiger charge is -2.26. The summed E-state index contributed by atoms with van der Waals surface area (Å²) in [6.07, 6.45) is 2.47. The highest BCUT2D eigenvalue weighted by Gasteiger charge is 2.23. The van der Waals surface area contributed by atoms with Crippen molar-refractivity contribution in [3.05, 3.63) is 48.2 Å². The molecule has 0 spiro atoms. The Morgan fingerprint density at radius 2 is 1.80 bits per heavy atom. The summed E-state index contributed by atoms with van der Waals surface area (Å²) in [7, 11) is 0. The average Bonchev–Trinajstić information content (AvgIpc) is 2.90. The molecule has 0 unspecified atom stereocenters. The van der Waals surface area contributed by atoms with Crippen molar-refractivity contribution in [3.8, 4) is 5.75 Å². The van der Waals surface area contributed by atoms with Gasteiger partial charge in [0, 0.05) is 32.4 Å². The molecule has 1 aromatic carbocycles. The van der Waals surface area contributed by atoms with Gasteiger partial charge in [-0.25, -0.2) is 4.98 Å². The molecule has 10 heteroatoms. The third-order valence-electron chi connectivity index (χ3n) is 5.87. The number of ether oxygens (including phenoxy) is 3. The van der Waals surface area contributed by atoms with Gasteiger partial charge in [0.2, 0.25) is 5.91 Å². The number of benzene rings is 1. The lowest BCUT2D eigenvalue weighted by molar-refractivity contribution is -0.121. The van der Waals surface area contributed by atoms with Crippen LogP contribution in [0.3, 0.4) is 0 Å². The minimum Gasteiger partial charge on any atom is -0.489 e. The first-order valence-corrected chi connectivity index (χ1v) is 12.1. The van der Waals surface area contributed by atoms with Crippen LogP contribution in [-0.4, -0.2) is 98.9 Å². The number of nitrogens with one attached hydrogen (secondary N) is 2. The zero-order valence-electron chi connectivity index (χ0n) is 19.9. The Morgan fingerprint density at radius 3 is 2.69 bits per heavy atom. The molecule has 10 nitrogen and oxygen atoms in total. The van der Waals surface area contributed by atoms with Crippen LogP contribution in [0.15, 0.2) is 42.6 Å². The number of para-hydroxylation sites is 2. The number of rotatable bonds is 6. The van der Waals surface area contributed by atoms with Crippen molar-refractivity contribution in [1.82, 2.24) is 20.1 Å². The van der Waals surface area contributed by atoms with Crippen LogP contribution in [0.5, 0.6) is 5.75 Å². The molecule has 1 aromatic heterocycles. The maximum Gasteiger partial charge on any atom is 0.258 e. The number of hydrogen-bond acceptors (Lipinski definition) is 8. The highest BCUT2D eigenvalue weighted by molar-refractivity contribution is 6.01. The summed E-state index contributed by atoms with van der Waals surface area (Å²) < 4.78 is 16.9. The van der Waals surface area contributed by atoms with Gasteiger partial charge in [-0.15, -0.1) is 0 Å². The molecule has 4 rings (SSSR count). The molecule has 1 fully saturated rings. The van der Waals surface area contributed by atoms with Crippen LogP contribution in [0, 0.1) is 0 Å². The van der Waals surface area contributed by atoms with Crippen LogP contribution in [0.25, 0.3) is 0 Å². The van der Waals surface area contributed by atoms with Crippen LogP contribution in [-0.2, 0) is 14.3 Å². The molecule has 2 aliphatic rings. The van der Waals surface area contributed by atoms with E-state index in [1.165, 1.54) is 4.90 Å². The van der Waals surface area contributed by atoms with Crippen molar-refractivity contribution in [1.29, 1.82) is 0 Å². The molecule has 0 bridgehead atoms. The Bertz CT molecular complexity index is 982. The topological polar surface area (TPSA) is 105 Å². The summed E-state index contributed by atoms with van der Waals surface area (Å²) in [6.45, 7) is 6.09. The van der Waals surface area contributed by atoms with Gasteiger partial charge in [0.05, 0.1) is 44.2 Å². The van der Waals surface area contributed by atoms with E-state index in [-0.39, 0.29) is 24.9 Å². The van der Waals surface area contributed by atoms with Gasteiger partial charge in [0.25, 0.3) is 5.91 Å². The second-order valence-electron chi connectivity index (χ2n) is 8.37. The Labute approximate surface area is 205 Å². The van der Waals surface area contributed by atoms with Gasteiger partial charge >= 0.3 is 0 Å². The zero-order chi connectivity index (χ0) is 24.3. The first-order chi connectivity index (χ1) is 17.2. The van der Waals surface area contributed by atoms with E-state index in [4.69, 9.17) is 14.2 Å². The van der Waals surface area contributed by atoms with Crippen LogP contribution in [0.1, 0.15) is 16.8 Å². The van der Waals surface area contributed by atoms with E-state index in [1.807, 2.05) is 24.3 Å². The van der Waals surface area contributed by atoms with Gasteiger partial charge in [-0.3, -0.25) is 14.5 Å². The molecule has 0 aliphatic carbocycles. The van der Waals surface area contributed by atoms with Crippen LogP contribution in [0.2, 0.25) is 0 Å². The van der Waals surface area contributed by atoms with Crippen LogP contribution >= 0.6 is 0 Å². The Kier molecular flexibility index (Phi) is 9.27. The van der Waals surface area contributed by atoms with Gasteiger partial charge in [0.15, 0.2) is 0 Å². The highest BCUT2D eigenvalue weighted by atomic mass is 16.5. The van der Waals surface area contributed by atoms with Crippen molar-refractivity contribution in [2.45, 2.75) is 6.42 Å². The van der Waals surface area contributed by atoms with Crippen molar-refractivity contribution in [2.75, 3.05) is 77.6 Å². The third-order valence-corrected chi connectivity index (χ3v) is 5.87. The molecular weight excluding hydrogens is 450 g/mol. The number of carbonyl (C=O) groups is 2. The van der Waals surface area contributed by atoms with Gasteiger partial charge in [-0.2, -0.15) is 0 Å². The molecular formula is C25H33N5O5. The summed E-state index contributed by atoms with van der Waals surface area (Å²) in [4.78, 5) is 34.4. The quantitative estimate of drug-likeness (QED) is 0.596. The van der Waals surface area contributed by atoms with E-state index in [9.17, 15) is 9.59 Å². The highest BCUT2D eigenvalue weighted by Crippen LogP contribution is 2.28. The summed E-state index contributed by atoms with van der Waals surface area (Å²) in [5.41, 5.74) is 1.07. The smallest absolute Gasteiger partial charge is 0.258 e. The Hall–Kier alpha value is -3.21. The van der Waals surface area contributed by atoms with E-state index >= 15 is 0 Å². The number of pyridine rings is 1. The SMILES string of the molecule is O=C(CN1CCOCCOc2ccccc2Nc2ncccc2C1=O)NCCCN1CCOCC1. The van der Waals surface area contributed by atoms with Gasteiger partial charge < -0.3 is 29.7 Å². The van der Waals surface area contributed by atoms with Crippen molar-refractivity contribution in [2.24, 2.45) is 0 Å². The maximum absolute atomic E-state index is 13.5. The second kappa shape index (κ2) is 13.0. The molecule has 0 atom stereocenters. The van der Waals surface area contributed by atoms with Gasteiger partial charge in [0.1, 0.15) is 18.2 Å². The first kappa shape index (κ1) is 24.9. The number of amides is 2. The number of nitrogens with zero attached hydrogens (tertiary/aromatic N) is 3. The zero-order valence-corrected chi connectivity index (χ0v) is 19.9. The summed E-state index contributed by atoms with van der Waals surface area (Å²) >= 11 is 0. The predicted molar refractivity (Wildman–Crippen MR) is 131 cm³/mol. The monoisotopic (exact) mass is 483 g/mol. The molecule has 188 valence electrons. The first-order valence-electron chi connectivity index (χ1n) is 12.1. The van der Waals surface area contributed by atoms with Gasteiger partial charge in [-0.05, 0) is 37.2 Å². The molecule has 0 radical (unpaired) electrons. The standard InChI is InChI=1S/C25H33N5O5/c31-23(26-9-4-10-29-11-14-33-15-12-29)19-30-13-16-34-17-18-35-22-7-2-1-6-21(22)28-24-20(25(30)32)5-3-8-27-24/h1-3,5-8H,4,9-19H2,(H,26,31)(H,27,28). The van der Waals surface area contributed by atoms with E-state index in [2.05, 4.69) is 20.5 Å².